The predicted octanol–water partition coefficient (Wildman–Crippen LogP) is 0.847. The maximum absolute atomic E-state index is 12.0. The van der Waals surface area contributed by atoms with Crippen LogP contribution in [0.25, 0.3) is 0 Å². The molecule has 21 heavy (non-hydrogen) atoms. The molecule has 0 bridgehead atoms. The Morgan fingerprint density at radius 3 is 2.62 bits per heavy atom. The summed E-state index contributed by atoms with van der Waals surface area (Å²) in [5.74, 6) is -0.453. The molecule has 0 aromatic heterocycles. The van der Waals surface area contributed by atoms with Crippen molar-refractivity contribution in [3.8, 4) is 0 Å². The highest BCUT2D eigenvalue weighted by Crippen LogP contribution is 2.20. The Balaban J connectivity index is 1.88. The Labute approximate surface area is 123 Å². The van der Waals surface area contributed by atoms with Gasteiger partial charge in [-0.05, 0) is 30.5 Å². The number of rotatable bonds is 5. The molecule has 1 heterocycles. The minimum Gasteiger partial charge on any atom is -0.469 e. The van der Waals surface area contributed by atoms with Gasteiger partial charge in [-0.25, -0.2) is 0 Å². The normalized spacial score (nSPS) is 21.0. The third-order valence-electron chi connectivity index (χ3n) is 3.46. The molecule has 6 nitrogen and oxygen atoms in total. The van der Waals surface area contributed by atoms with Gasteiger partial charge in [0.15, 0.2) is 0 Å². The van der Waals surface area contributed by atoms with Gasteiger partial charge in [0.2, 0.25) is 0 Å². The summed E-state index contributed by atoms with van der Waals surface area (Å²) in [6, 6.07) is 7.08. The fraction of sp³-hybridized carbons (Fsp3) is 0.467. The number of nitrogens with one attached hydrogen (secondary N) is 1. The number of amides is 1. The maximum Gasteiger partial charge on any atom is 0.309 e. The molecule has 1 aliphatic heterocycles. The Morgan fingerprint density at radius 1 is 1.33 bits per heavy atom. The van der Waals surface area contributed by atoms with E-state index in [9.17, 15) is 9.59 Å². The van der Waals surface area contributed by atoms with E-state index < -0.39 is 6.10 Å². The molecular weight excluding hydrogens is 272 g/mol. The van der Waals surface area contributed by atoms with E-state index in [-0.39, 0.29) is 24.4 Å². The van der Waals surface area contributed by atoms with E-state index in [0.29, 0.717) is 18.7 Å². The average Bonchev–Trinajstić information content (AvgIpc) is 2.98. The lowest BCUT2D eigenvalue weighted by atomic mass is 10.1. The topological polar surface area (TPSA) is 90.7 Å². The number of anilines is 1. The maximum atomic E-state index is 12.0. The smallest absolute Gasteiger partial charge is 0.309 e. The fourth-order valence-corrected chi connectivity index (χ4v) is 2.24. The van der Waals surface area contributed by atoms with E-state index in [0.717, 1.165) is 12.0 Å². The van der Waals surface area contributed by atoms with Crippen LogP contribution < -0.4 is 11.1 Å². The first kappa shape index (κ1) is 15.5. The second-order valence-corrected chi connectivity index (χ2v) is 5.00. The molecule has 0 aliphatic carbocycles. The van der Waals surface area contributed by atoms with E-state index >= 15 is 0 Å². The minimum absolute atomic E-state index is 0.0248. The lowest BCUT2D eigenvalue weighted by Crippen LogP contribution is -2.29. The summed E-state index contributed by atoms with van der Waals surface area (Å²) in [6.45, 7) is 0.437. The van der Waals surface area contributed by atoms with E-state index in [1.54, 1.807) is 24.3 Å². The Kier molecular flexibility index (Phi) is 5.30. The third-order valence-corrected chi connectivity index (χ3v) is 3.46. The number of hydrogen-bond donors (Lipinski definition) is 2. The predicted molar refractivity (Wildman–Crippen MR) is 77.7 cm³/mol. The summed E-state index contributed by atoms with van der Waals surface area (Å²) in [7, 11) is 1.35. The Hall–Kier alpha value is -1.92. The van der Waals surface area contributed by atoms with Crippen molar-refractivity contribution in [2.75, 3.05) is 19.0 Å². The summed E-state index contributed by atoms with van der Waals surface area (Å²) < 4.78 is 10.1. The van der Waals surface area contributed by atoms with E-state index in [2.05, 4.69) is 10.1 Å². The molecule has 0 saturated carbocycles. The van der Waals surface area contributed by atoms with Crippen LogP contribution in [0.15, 0.2) is 24.3 Å². The standard InChI is InChI=1S/C15H20N2O4/c1-20-14(18)8-10-2-4-11(5-3-10)17-15(19)13-7-6-12(9-16)21-13/h2-5,12-13H,6-9,16H2,1H3,(H,17,19)/t12-,13+/m1/s1. The van der Waals surface area contributed by atoms with Crippen molar-refractivity contribution in [3.05, 3.63) is 29.8 Å². The number of hydrogen-bond acceptors (Lipinski definition) is 5. The lowest BCUT2D eigenvalue weighted by Gasteiger charge is -2.13. The van der Waals surface area contributed by atoms with Gasteiger partial charge in [0.05, 0.1) is 19.6 Å². The van der Waals surface area contributed by atoms with Gasteiger partial charge in [0, 0.05) is 12.2 Å². The zero-order valence-corrected chi connectivity index (χ0v) is 12.0. The average molecular weight is 292 g/mol. The molecule has 0 unspecified atom stereocenters. The highest BCUT2D eigenvalue weighted by atomic mass is 16.5. The van der Waals surface area contributed by atoms with Crippen LogP contribution in [0.3, 0.4) is 0 Å². The van der Waals surface area contributed by atoms with Crippen molar-refractivity contribution in [1.82, 2.24) is 0 Å². The Morgan fingerprint density at radius 2 is 2.05 bits per heavy atom. The van der Waals surface area contributed by atoms with Crippen molar-refractivity contribution in [2.24, 2.45) is 5.73 Å². The third kappa shape index (κ3) is 4.27. The summed E-state index contributed by atoms with van der Waals surface area (Å²) >= 11 is 0. The minimum atomic E-state index is -0.437. The van der Waals surface area contributed by atoms with Crippen LogP contribution in [0, 0.1) is 0 Å². The van der Waals surface area contributed by atoms with Crippen molar-refractivity contribution in [2.45, 2.75) is 31.5 Å². The van der Waals surface area contributed by atoms with E-state index in [4.69, 9.17) is 10.5 Å². The summed E-state index contributed by atoms with van der Waals surface area (Å²) in [5, 5.41) is 2.80. The van der Waals surface area contributed by atoms with Crippen LogP contribution in [-0.4, -0.2) is 37.7 Å². The number of esters is 1. The first-order chi connectivity index (χ1) is 10.1. The fourth-order valence-electron chi connectivity index (χ4n) is 2.24. The van der Waals surface area contributed by atoms with E-state index in [1.807, 2.05) is 0 Å². The SMILES string of the molecule is COC(=O)Cc1ccc(NC(=O)[C@@H]2CC[C@H](CN)O2)cc1. The molecule has 6 heteroatoms. The molecule has 2 atom stereocenters. The van der Waals surface area contributed by atoms with Gasteiger partial charge >= 0.3 is 5.97 Å². The molecule has 2 rings (SSSR count). The largest absolute Gasteiger partial charge is 0.469 e. The molecule has 1 aromatic rings. The van der Waals surface area contributed by atoms with Crippen molar-refractivity contribution in [3.63, 3.8) is 0 Å². The number of methoxy groups -OCH3 is 1. The van der Waals surface area contributed by atoms with Gasteiger partial charge in [-0.3, -0.25) is 9.59 Å². The summed E-state index contributed by atoms with van der Waals surface area (Å²) in [5.41, 5.74) is 7.03. The number of benzene rings is 1. The highest BCUT2D eigenvalue weighted by Gasteiger charge is 2.29. The monoisotopic (exact) mass is 292 g/mol. The molecule has 114 valence electrons. The first-order valence-corrected chi connectivity index (χ1v) is 6.94. The lowest BCUT2D eigenvalue weighted by molar-refractivity contribution is -0.139. The van der Waals surface area contributed by atoms with Gasteiger partial charge in [-0.1, -0.05) is 12.1 Å². The molecular formula is C15H20N2O4. The van der Waals surface area contributed by atoms with Crippen LogP contribution in [-0.2, 0) is 25.5 Å². The molecule has 0 spiro atoms. The van der Waals surface area contributed by atoms with Crippen molar-refractivity contribution < 1.29 is 19.1 Å². The molecule has 1 aromatic carbocycles. The van der Waals surface area contributed by atoms with Gasteiger partial charge in [0.1, 0.15) is 6.10 Å². The summed E-state index contributed by atoms with van der Waals surface area (Å²) in [6.07, 6.45) is 1.26. The molecule has 1 amide bonds. The van der Waals surface area contributed by atoms with Gasteiger partial charge in [-0.15, -0.1) is 0 Å². The van der Waals surface area contributed by atoms with Crippen molar-refractivity contribution in [1.29, 1.82) is 0 Å². The zero-order chi connectivity index (χ0) is 15.2. The van der Waals surface area contributed by atoms with Gasteiger partial charge < -0.3 is 20.5 Å². The number of carbonyl (C=O) groups excluding carboxylic acids is 2. The van der Waals surface area contributed by atoms with Crippen LogP contribution in [0.2, 0.25) is 0 Å². The number of carbonyl (C=O) groups is 2. The molecule has 1 fully saturated rings. The molecule has 0 radical (unpaired) electrons. The summed E-state index contributed by atoms with van der Waals surface area (Å²) in [4.78, 5) is 23.2. The number of nitrogens with two attached hydrogens (primary N) is 1. The van der Waals surface area contributed by atoms with Gasteiger partial charge in [0.25, 0.3) is 5.91 Å². The molecule has 1 saturated heterocycles. The Bertz CT molecular complexity index is 501. The van der Waals surface area contributed by atoms with Crippen molar-refractivity contribution >= 4 is 17.6 Å². The van der Waals surface area contributed by atoms with E-state index in [1.165, 1.54) is 7.11 Å². The van der Waals surface area contributed by atoms with Crippen LogP contribution >= 0.6 is 0 Å². The number of ether oxygens (including phenoxy) is 2. The second kappa shape index (κ2) is 7.19. The van der Waals surface area contributed by atoms with Crippen LogP contribution in [0.4, 0.5) is 5.69 Å². The quantitative estimate of drug-likeness (QED) is 0.785. The second-order valence-electron chi connectivity index (χ2n) is 5.00. The molecule has 1 aliphatic rings. The van der Waals surface area contributed by atoms with Crippen LogP contribution in [0.5, 0.6) is 0 Å². The van der Waals surface area contributed by atoms with Gasteiger partial charge in [-0.2, -0.15) is 0 Å². The highest BCUT2D eigenvalue weighted by molar-refractivity contribution is 5.94. The first-order valence-electron chi connectivity index (χ1n) is 6.94. The zero-order valence-electron chi connectivity index (χ0n) is 12.0. The molecule has 3 N–H and O–H groups in total. The van der Waals surface area contributed by atoms with Crippen LogP contribution in [0.1, 0.15) is 18.4 Å².